The van der Waals surface area contributed by atoms with E-state index in [0.717, 1.165) is 0 Å². The maximum Gasteiger partial charge on any atom is 0.460 e. The number of halogens is 7. The second-order valence-electron chi connectivity index (χ2n) is 2.58. The molecule has 3 nitrogen and oxygen atoms in total. The molecule has 0 saturated carbocycles. The predicted octanol–water partition coefficient (Wildman–Crippen LogP) is 0.349. The molecule has 0 aromatic carbocycles. The summed E-state index contributed by atoms with van der Waals surface area (Å²) in [6.45, 7) is 0. The van der Waals surface area contributed by atoms with Crippen LogP contribution in [0.4, 0.5) is 30.7 Å². The molecule has 0 heterocycles. The molecule has 0 aromatic heterocycles. The van der Waals surface area contributed by atoms with Crippen molar-refractivity contribution in [2.24, 2.45) is 17.2 Å². The molecule has 0 aliphatic carbocycles. The summed E-state index contributed by atoms with van der Waals surface area (Å²) in [4.78, 5) is 0. The minimum absolute atomic E-state index is 3.97. The molecule has 0 saturated heterocycles. The van der Waals surface area contributed by atoms with Gasteiger partial charge in [0.2, 0.25) is 0 Å². The molecule has 0 atom stereocenters. The Morgan fingerprint density at radius 2 is 0.857 bits per heavy atom. The molecule has 6 N–H and O–H groups in total. The van der Waals surface area contributed by atoms with Gasteiger partial charge in [-0.05, 0) is 0 Å². The monoisotopic (exact) mass is 229 g/mol. The van der Waals surface area contributed by atoms with Crippen molar-refractivity contribution < 1.29 is 30.7 Å². The fourth-order valence-corrected chi connectivity index (χ4v) is 0.450. The first-order chi connectivity index (χ1) is 5.75. The quantitative estimate of drug-likeness (QED) is 0.472. The second kappa shape index (κ2) is 2.94. The molecule has 0 unspecified atom stereocenters. The van der Waals surface area contributed by atoms with Gasteiger partial charge in [-0.2, -0.15) is 30.7 Å². The van der Waals surface area contributed by atoms with E-state index >= 15 is 0 Å². The van der Waals surface area contributed by atoms with Crippen LogP contribution >= 0.6 is 0 Å². The van der Waals surface area contributed by atoms with Gasteiger partial charge in [0, 0.05) is 0 Å². The van der Waals surface area contributed by atoms with E-state index in [9.17, 15) is 30.7 Å². The van der Waals surface area contributed by atoms with Crippen LogP contribution in [0.1, 0.15) is 0 Å². The van der Waals surface area contributed by atoms with Crippen molar-refractivity contribution in [2.45, 2.75) is 23.8 Å². The van der Waals surface area contributed by atoms with Crippen LogP contribution in [0.5, 0.6) is 0 Å². The highest BCUT2D eigenvalue weighted by atomic mass is 19.4. The summed E-state index contributed by atoms with van der Waals surface area (Å²) < 4.78 is 83.3. The molecule has 0 spiro atoms. The lowest BCUT2D eigenvalue weighted by molar-refractivity contribution is -0.367. The van der Waals surface area contributed by atoms with Crippen molar-refractivity contribution in [1.29, 1.82) is 0 Å². The molecule has 10 heteroatoms. The minimum Gasteiger partial charge on any atom is -0.296 e. The Morgan fingerprint density at radius 1 is 0.571 bits per heavy atom. The molecule has 0 aliphatic rings. The zero-order valence-corrected chi connectivity index (χ0v) is 6.38. The Kier molecular flexibility index (Phi) is 2.81. The van der Waals surface area contributed by atoms with Gasteiger partial charge in [0.25, 0.3) is 0 Å². The van der Waals surface area contributed by atoms with E-state index in [4.69, 9.17) is 0 Å². The number of alkyl halides is 7. The zero-order valence-electron chi connectivity index (χ0n) is 6.38. The van der Waals surface area contributed by atoms with Crippen LogP contribution in [0, 0.1) is 0 Å². The van der Waals surface area contributed by atoms with Gasteiger partial charge in [0.05, 0.1) is 0 Å². The van der Waals surface area contributed by atoms with Crippen LogP contribution in [-0.2, 0) is 0 Å². The maximum absolute atomic E-state index is 12.4. The third-order valence-electron chi connectivity index (χ3n) is 1.29. The second-order valence-corrected chi connectivity index (χ2v) is 2.58. The van der Waals surface area contributed by atoms with Crippen molar-refractivity contribution in [3.8, 4) is 0 Å². The highest BCUT2D eigenvalue weighted by Gasteiger charge is 2.77. The third kappa shape index (κ3) is 1.77. The Labute approximate surface area is 73.0 Å². The van der Waals surface area contributed by atoms with E-state index < -0.39 is 23.8 Å². The van der Waals surface area contributed by atoms with E-state index in [1.54, 1.807) is 0 Å². The summed E-state index contributed by atoms with van der Waals surface area (Å²) in [6.07, 6.45) is -6.49. The van der Waals surface area contributed by atoms with Crippen LogP contribution in [0.3, 0.4) is 0 Å². The lowest BCUT2D eigenvalue weighted by atomic mass is 10.1. The minimum atomic E-state index is -6.49. The molecule has 0 rings (SSSR count). The molecular formula is C4H6F7N3. The smallest absolute Gasteiger partial charge is 0.296 e. The largest absolute Gasteiger partial charge is 0.460 e. The van der Waals surface area contributed by atoms with Crippen molar-refractivity contribution >= 4 is 0 Å². The fourth-order valence-electron chi connectivity index (χ4n) is 0.450. The van der Waals surface area contributed by atoms with Gasteiger partial charge in [-0.25, -0.2) is 0 Å². The molecule has 0 aromatic rings. The van der Waals surface area contributed by atoms with Crippen molar-refractivity contribution in [3.63, 3.8) is 0 Å². The van der Waals surface area contributed by atoms with Gasteiger partial charge in [-0.1, -0.05) is 0 Å². The average Bonchev–Trinajstić information content (AvgIpc) is 1.81. The van der Waals surface area contributed by atoms with E-state index in [0.29, 0.717) is 0 Å². The van der Waals surface area contributed by atoms with Crippen LogP contribution in [0.15, 0.2) is 0 Å². The summed E-state index contributed by atoms with van der Waals surface area (Å²) in [5, 5.41) is 0. The zero-order chi connectivity index (χ0) is 12.0. The Bertz CT molecular complexity index is 190. The highest BCUT2D eigenvalue weighted by molar-refractivity contribution is 5.01. The Hall–Kier alpha value is -0.610. The van der Waals surface area contributed by atoms with Gasteiger partial charge in [0.15, 0.2) is 5.79 Å². The highest BCUT2D eigenvalue weighted by Crippen LogP contribution is 2.48. The lowest BCUT2D eigenvalue weighted by Gasteiger charge is -2.35. The standard InChI is InChI=1S/C4H6F7N3/c5-1(6,3(9,10)11)2(7,8)4(12,13)14/h12-14H2. The average molecular weight is 229 g/mol. The summed E-state index contributed by atoms with van der Waals surface area (Å²) in [5.41, 5.74) is 12.4. The Morgan fingerprint density at radius 3 is 0.929 bits per heavy atom. The molecule has 0 amide bonds. The van der Waals surface area contributed by atoms with Crippen LogP contribution in [-0.4, -0.2) is 23.8 Å². The Balaban J connectivity index is 5.30. The van der Waals surface area contributed by atoms with Gasteiger partial charge in [-0.3, -0.25) is 17.2 Å². The first-order valence-electron chi connectivity index (χ1n) is 2.94. The summed E-state index contributed by atoms with van der Waals surface area (Å²) in [6, 6.07) is 0. The molecule has 0 aliphatic heterocycles. The summed E-state index contributed by atoms with van der Waals surface area (Å²) >= 11 is 0. The molecular weight excluding hydrogens is 223 g/mol. The molecule has 0 fully saturated rings. The van der Waals surface area contributed by atoms with E-state index in [2.05, 4.69) is 17.2 Å². The predicted molar refractivity (Wildman–Crippen MR) is 31.2 cm³/mol. The van der Waals surface area contributed by atoms with E-state index in [1.165, 1.54) is 0 Å². The van der Waals surface area contributed by atoms with Crippen molar-refractivity contribution in [3.05, 3.63) is 0 Å². The van der Waals surface area contributed by atoms with E-state index in [-0.39, 0.29) is 0 Å². The topological polar surface area (TPSA) is 78.1 Å². The summed E-state index contributed by atoms with van der Waals surface area (Å²) in [5.74, 6) is -16.2. The van der Waals surface area contributed by atoms with Gasteiger partial charge < -0.3 is 0 Å². The van der Waals surface area contributed by atoms with Crippen LogP contribution < -0.4 is 17.2 Å². The number of rotatable bonds is 2. The molecule has 0 bridgehead atoms. The number of nitrogens with two attached hydrogens (primary N) is 3. The third-order valence-corrected chi connectivity index (χ3v) is 1.29. The fraction of sp³-hybridized carbons (Fsp3) is 1.00. The van der Waals surface area contributed by atoms with Gasteiger partial charge in [-0.15, -0.1) is 0 Å². The first-order valence-corrected chi connectivity index (χ1v) is 2.94. The molecule has 14 heavy (non-hydrogen) atoms. The molecule has 86 valence electrons. The van der Waals surface area contributed by atoms with E-state index in [1.807, 2.05) is 0 Å². The van der Waals surface area contributed by atoms with Gasteiger partial charge in [0.1, 0.15) is 0 Å². The van der Waals surface area contributed by atoms with Crippen molar-refractivity contribution in [1.82, 2.24) is 0 Å². The number of hydrogen-bond donors (Lipinski definition) is 3. The van der Waals surface area contributed by atoms with Gasteiger partial charge >= 0.3 is 18.0 Å². The first kappa shape index (κ1) is 13.4. The lowest BCUT2D eigenvalue weighted by Crippen LogP contribution is -2.77. The maximum atomic E-state index is 12.4. The van der Waals surface area contributed by atoms with Crippen LogP contribution in [0.2, 0.25) is 0 Å². The van der Waals surface area contributed by atoms with Crippen LogP contribution in [0.25, 0.3) is 0 Å². The molecule has 0 radical (unpaired) electrons. The SMILES string of the molecule is NC(N)(N)C(F)(F)C(F)(F)C(F)(F)F. The van der Waals surface area contributed by atoms with Crippen molar-refractivity contribution in [2.75, 3.05) is 0 Å². The number of hydrogen-bond acceptors (Lipinski definition) is 3. The summed E-state index contributed by atoms with van der Waals surface area (Å²) in [7, 11) is 0. The normalized spacial score (nSPS) is 15.9.